The van der Waals surface area contributed by atoms with Crippen LogP contribution in [0.15, 0.2) is 49.3 Å². The van der Waals surface area contributed by atoms with Gasteiger partial charge in [-0.1, -0.05) is 20.4 Å². The molecular formula is C22H27N5O2. The van der Waals surface area contributed by atoms with Crippen LogP contribution in [0.5, 0.6) is 0 Å². The van der Waals surface area contributed by atoms with E-state index in [2.05, 4.69) is 41.0 Å². The zero-order valence-corrected chi connectivity index (χ0v) is 16.9. The van der Waals surface area contributed by atoms with Gasteiger partial charge in [-0.25, -0.2) is 9.97 Å². The van der Waals surface area contributed by atoms with Crippen LogP contribution in [-0.4, -0.2) is 45.8 Å². The Bertz CT molecular complexity index is 862. The van der Waals surface area contributed by atoms with Crippen molar-refractivity contribution in [3.63, 3.8) is 0 Å². The number of nitrogens with zero attached hydrogens (tertiary/aromatic N) is 3. The van der Waals surface area contributed by atoms with E-state index in [0.717, 1.165) is 18.4 Å². The maximum Gasteiger partial charge on any atom is 0.253 e. The van der Waals surface area contributed by atoms with E-state index in [-0.39, 0.29) is 17.9 Å². The normalized spacial score (nSPS) is 16.0. The minimum atomic E-state index is -0.281. The van der Waals surface area contributed by atoms with Crippen molar-refractivity contribution in [1.29, 1.82) is 0 Å². The number of benzene rings is 1. The Morgan fingerprint density at radius 1 is 1.24 bits per heavy atom. The fourth-order valence-electron chi connectivity index (χ4n) is 3.32. The van der Waals surface area contributed by atoms with E-state index in [1.54, 1.807) is 24.3 Å². The Hall–Kier alpha value is -3.22. The second kappa shape index (κ2) is 9.32. The molecule has 7 heteroatoms. The third-order valence-electron chi connectivity index (χ3n) is 4.74. The average molecular weight is 393 g/mol. The largest absolute Gasteiger partial charge is 0.350 e. The van der Waals surface area contributed by atoms with E-state index >= 15 is 0 Å². The quantitative estimate of drug-likeness (QED) is 0.706. The van der Waals surface area contributed by atoms with Crippen LogP contribution in [0.4, 0.5) is 11.6 Å². The van der Waals surface area contributed by atoms with Crippen molar-refractivity contribution in [3.8, 4) is 0 Å². The number of hydrogen-bond donors (Lipinski definition) is 2. The molecule has 1 fully saturated rings. The molecule has 7 nitrogen and oxygen atoms in total. The maximum absolute atomic E-state index is 12.7. The molecular weight excluding hydrogens is 366 g/mol. The fourth-order valence-corrected chi connectivity index (χ4v) is 3.32. The van der Waals surface area contributed by atoms with E-state index in [4.69, 9.17) is 0 Å². The van der Waals surface area contributed by atoms with Crippen LogP contribution in [0.25, 0.3) is 0 Å². The molecule has 2 N–H and O–H groups in total. The molecule has 152 valence electrons. The summed E-state index contributed by atoms with van der Waals surface area (Å²) in [7, 11) is 0. The number of amides is 2. The van der Waals surface area contributed by atoms with Crippen LogP contribution >= 0.6 is 0 Å². The molecule has 1 aromatic heterocycles. The second-order valence-corrected chi connectivity index (χ2v) is 7.66. The van der Waals surface area contributed by atoms with Crippen molar-refractivity contribution in [1.82, 2.24) is 14.9 Å². The van der Waals surface area contributed by atoms with E-state index in [0.29, 0.717) is 36.2 Å². The van der Waals surface area contributed by atoms with Crippen molar-refractivity contribution in [3.05, 3.63) is 60.4 Å². The van der Waals surface area contributed by atoms with Crippen LogP contribution in [-0.2, 0) is 11.2 Å². The summed E-state index contributed by atoms with van der Waals surface area (Å²) in [4.78, 5) is 34.7. The first-order valence-electron chi connectivity index (χ1n) is 9.85. The Kier molecular flexibility index (Phi) is 6.59. The fraction of sp³-hybridized carbons (Fsp3) is 0.364. The van der Waals surface area contributed by atoms with Gasteiger partial charge >= 0.3 is 0 Å². The molecule has 0 spiro atoms. The second-order valence-electron chi connectivity index (χ2n) is 7.66. The zero-order chi connectivity index (χ0) is 20.8. The lowest BCUT2D eigenvalue weighted by atomic mass is 10.1. The van der Waals surface area contributed by atoms with Crippen LogP contribution in [0, 0.1) is 5.92 Å². The first-order chi connectivity index (χ1) is 13.9. The van der Waals surface area contributed by atoms with Gasteiger partial charge in [-0.15, -0.1) is 0 Å². The lowest BCUT2D eigenvalue weighted by Gasteiger charge is -2.17. The molecule has 1 atom stereocenters. The standard InChI is InChI=1S/C22H27N5O2/c1-4-20(28)25-18-7-5-17(6-8-18)21(29)27-10-9-19(14-27)26-22-23-12-16(13-24-22)11-15(2)3/h4-8,12-13,15,19H,1,9-11,14H2,2-3H3,(H,25,28)(H,23,24,26). The number of rotatable bonds is 7. The summed E-state index contributed by atoms with van der Waals surface area (Å²) in [5, 5.41) is 5.99. The third-order valence-corrected chi connectivity index (χ3v) is 4.74. The molecule has 3 rings (SSSR count). The predicted octanol–water partition coefficient (Wildman–Crippen LogP) is 3.13. The van der Waals surface area contributed by atoms with Crippen molar-refractivity contribution >= 4 is 23.5 Å². The van der Waals surface area contributed by atoms with E-state index in [9.17, 15) is 9.59 Å². The van der Waals surface area contributed by atoms with Gasteiger partial charge in [-0.2, -0.15) is 0 Å². The smallest absolute Gasteiger partial charge is 0.253 e. The summed E-state index contributed by atoms with van der Waals surface area (Å²) in [5.74, 6) is 0.861. The molecule has 2 heterocycles. The molecule has 2 aromatic rings. The van der Waals surface area contributed by atoms with Gasteiger partial charge < -0.3 is 15.5 Å². The number of nitrogens with one attached hydrogen (secondary N) is 2. The highest BCUT2D eigenvalue weighted by Gasteiger charge is 2.27. The van der Waals surface area contributed by atoms with Gasteiger partial charge in [0, 0.05) is 42.8 Å². The Morgan fingerprint density at radius 2 is 1.93 bits per heavy atom. The van der Waals surface area contributed by atoms with Crippen LogP contribution < -0.4 is 10.6 Å². The predicted molar refractivity (Wildman–Crippen MR) is 114 cm³/mol. The van der Waals surface area contributed by atoms with E-state index < -0.39 is 0 Å². The zero-order valence-electron chi connectivity index (χ0n) is 16.9. The van der Waals surface area contributed by atoms with Gasteiger partial charge in [0.25, 0.3) is 5.91 Å². The minimum absolute atomic E-state index is 0.0240. The molecule has 1 saturated heterocycles. The Labute approximate surface area is 171 Å². The van der Waals surface area contributed by atoms with E-state index in [1.807, 2.05) is 17.3 Å². The van der Waals surface area contributed by atoms with Crippen molar-refractivity contribution < 1.29 is 9.59 Å². The highest BCUT2D eigenvalue weighted by Crippen LogP contribution is 2.18. The third kappa shape index (κ3) is 5.63. The van der Waals surface area contributed by atoms with Crippen molar-refractivity contribution in [2.45, 2.75) is 32.7 Å². The van der Waals surface area contributed by atoms with Gasteiger partial charge in [-0.05, 0) is 54.7 Å². The van der Waals surface area contributed by atoms with Crippen LogP contribution in [0.3, 0.4) is 0 Å². The van der Waals surface area contributed by atoms with E-state index in [1.165, 1.54) is 6.08 Å². The van der Waals surface area contributed by atoms with Gasteiger partial charge in [0.15, 0.2) is 0 Å². The molecule has 0 radical (unpaired) electrons. The topological polar surface area (TPSA) is 87.2 Å². The summed E-state index contributed by atoms with van der Waals surface area (Å²) in [6, 6.07) is 7.00. The van der Waals surface area contributed by atoms with Gasteiger partial charge in [-0.3, -0.25) is 9.59 Å². The van der Waals surface area contributed by atoms with Gasteiger partial charge in [0.2, 0.25) is 11.9 Å². The van der Waals surface area contributed by atoms with Crippen molar-refractivity contribution in [2.24, 2.45) is 5.92 Å². The number of aromatic nitrogens is 2. The summed E-state index contributed by atoms with van der Waals surface area (Å²) >= 11 is 0. The summed E-state index contributed by atoms with van der Waals surface area (Å²) < 4.78 is 0. The number of likely N-dealkylation sites (tertiary alicyclic amines) is 1. The molecule has 1 unspecified atom stereocenters. The minimum Gasteiger partial charge on any atom is -0.350 e. The van der Waals surface area contributed by atoms with Crippen molar-refractivity contribution in [2.75, 3.05) is 23.7 Å². The Balaban J connectivity index is 1.54. The number of anilines is 2. The summed E-state index contributed by atoms with van der Waals surface area (Å²) in [5.41, 5.74) is 2.35. The molecule has 0 aliphatic carbocycles. The van der Waals surface area contributed by atoms with Gasteiger partial charge in [0.05, 0.1) is 0 Å². The Morgan fingerprint density at radius 3 is 2.55 bits per heavy atom. The molecule has 2 amide bonds. The molecule has 1 aliphatic heterocycles. The average Bonchev–Trinajstić information content (AvgIpc) is 3.17. The first-order valence-corrected chi connectivity index (χ1v) is 9.85. The highest BCUT2D eigenvalue weighted by atomic mass is 16.2. The highest BCUT2D eigenvalue weighted by molar-refractivity contribution is 5.99. The lowest BCUT2D eigenvalue weighted by molar-refractivity contribution is -0.111. The molecule has 0 saturated carbocycles. The maximum atomic E-state index is 12.7. The monoisotopic (exact) mass is 393 g/mol. The van der Waals surface area contributed by atoms with Gasteiger partial charge in [0.1, 0.15) is 0 Å². The SMILES string of the molecule is C=CC(=O)Nc1ccc(C(=O)N2CCC(Nc3ncc(CC(C)C)cn3)C2)cc1. The molecule has 29 heavy (non-hydrogen) atoms. The van der Waals surface area contributed by atoms with Crippen LogP contribution in [0.2, 0.25) is 0 Å². The molecule has 0 bridgehead atoms. The number of carbonyl (C=O) groups is 2. The number of carbonyl (C=O) groups excluding carboxylic acids is 2. The van der Waals surface area contributed by atoms with Crippen LogP contribution in [0.1, 0.15) is 36.2 Å². The lowest BCUT2D eigenvalue weighted by Crippen LogP contribution is -2.31. The molecule has 1 aromatic carbocycles. The molecule has 1 aliphatic rings. The number of hydrogen-bond acceptors (Lipinski definition) is 5. The first kappa shape index (κ1) is 20.5. The summed E-state index contributed by atoms with van der Waals surface area (Å²) in [6.07, 6.45) is 6.73. The summed E-state index contributed by atoms with van der Waals surface area (Å²) in [6.45, 7) is 9.03.